The molecule has 1 N–H and O–H groups in total. The van der Waals surface area contributed by atoms with E-state index in [1.807, 2.05) is 48.1 Å². The van der Waals surface area contributed by atoms with Crippen molar-refractivity contribution in [3.05, 3.63) is 96.1 Å². The summed E-state index contributed by atoms with van der Waals surface area (Å²) in [6.07, 6.45) is 3.12. The Morgan fingerprint density at radius 3 is 2.41 bits per heavy atom. The second-order valence-electron chi connectivity index (χ2n) is 9.80. The Morgan fingerprint density at radius 2 is 1.65 bits per heavy atom. The largest absolute Gasteiger partial charge is 0.457 e. The number of carbonyl (C=O) groups excluding carboxylic acids is 1. The first-order valence-electron chi connectivity index (χ1n) is 12.8. The van der Waals surface area contributed by atoms with Gasteiger partial charge in [0.25, 0.3) is 0 Å². The van der Waals surface area contributed by atoms with Crippen LogP contribution < -0.4 is 14.9 Å². The molecule has 1 aromatic heterocycles. The molecule has 0 bridgehead atoms. The smallest absolute Gasteiger partial charge is 0.340 e. The zero-order valence-electron chi connectivity index (χ0n) is 20.6. The number of hydrogen-bond acceptors (Lipinski definition) is 4. The summed E-state index contributed by atoms with van der Waals surface area (Å²) in [6, 6.07) is 29.0. The molecule has 37 heavy (non-hydrogen) atoms. The molecule has 3 heterocycles. The van der Waals surface area contributed by atoms with E-state index in [9.17, 15) is 4.79 Å². The molecule has 182 valence electrons. The summed E-state index contributed by atoms with van der Waals surface area (Å²) in [5, 5.41) is 8.56. The lowest BCUT2D eigenvalue weighted by Crippen LogP contribution is -2.52. The first-order valence-corrected chi connectivity index (χ1v) is 12.8. The van der Waals surface area contributed by atoms with Crippen LogP contribution in [0.4, 0.5) is 17.3 Å². The molecular formula is C30H27N6O+. The van der Waals surface area contributed by atoms with E-state index >= 15 is 0 Å². The van der Waals surface area contributed by atoms with E-state index in [0.29, 0.717) is 29.7 Å². The van der Waals surface area contributed by atoms with Gasteiger partial charge in [-0.1, -0.05) is 72.8 Å². The molecule has 4 aromatic rings. The number of carbonyl (C=O) groups is 1. The molecule has 0 spiro atoms. The van der Waals surface area contributed by atoms with Crippen molar-refractivity contribution >= 4 is 34.9 Å². The fourth-order valence-corrected chi connectivity index (χ4v) is 5.60. The van der Waals surface area contributed by atoms with Gasteiger partial charge in [-0.05, 0) is 41.7 Å². The molecule has 7 nitrogen and oxygen atoms in total. The lowest BCUT2D eigenvalue weighted by atomic mass is 10.0. The van der Waals surface area contributed by atoms with Crippen LogP contribution in [0.2, 0.25) is 0 Å². The molecule has 1 aliphatic carbocycles. The zero-order chi connectivity index (χ0) is 24.9. The molecule has 1 fully saturated rings. The maximum Gasteiger partial charge on any atom is 0.457 e. The molecule has 7 heteroatoms. The highest BCUT2D eigenvalue weighted by Crippen LogP contribution is 2.39. The van der Waals surface area contributed by atoms with Gasteiger partial charge in [-0.3, -0.25) is 0 Å². The van der Waals surface area contributed by atoms with Crippen LogP contribution in [-0.2, 0) is 6.54 Å². The standard InChI is InChI=1S/C30H26N6O/c1-34-29(37)26-27(31-23-11-6-3-7-12-23)35(33-28(26)36-25-14-8-13-24(25)32-30(34)36)19-20-15-17-22(18-16-20)21-9-4-2-5-10-21/h2-7,9-12,15-18,25H,8,13-14,19H2,1H3/p+1/t25-/m0/s1. The van der Waals surface area contributed by atoms with E-state index < -0.39 is 0 Å². The van der Waals surface area contributed by atoms with Crippen molar-refractivity contribution in [1.29, 1.82) is 0 Å². The van der Waals surface area contributed by atoms with E-state index in [2.05, 4.69) is 58.7 Å². The van der Waals surface area contributed by atoms with Crippen molar-refractivity contribution in [2.45, 2.75) is 31.8 Å². The van der Waals surface area contributed by atoms with E-state index in [1.165, 1.54) is 11.1 Å². The highest BCUT2D eigenvalue weighted by molar-refractivity contribution is 6.24. The third kappa shape index (κ3) is 3.55. The summed E-state index contributed by atoms with van der Waals surface area (Å²) in [7, 11) is 1.81. The van der Waals surface area contributed by atoms with Gasteiger partial charge in [-0.25, -0.2) is 14.1 Å². The Balaban J connectivity index is 1.30. The number of para-hydroxylation sites is 1. The Bertz CT molecular complexity index is 1570. The first-order chi connectivity index (χ1) is 18.2. The fraction of sp³-hybridized carbons (Fsp3) is 0.200. The minimum atomic E-state index is -0.0883. The number of nitrogens with zero attached hydrogens (tertiary/aromatic N) is 5. The van der Waals surface area contributed by atoms with Crippen molar-refractivity contribution < 1.29 is 4.79 Å². The second kappa shape index (κ2) is 8.50. The van der Waals surface area contributed by atoms with Gasteiger partial charge < -0.3 is 5.32 Å². The lowest BCUT2D eigenvalue weighted by molar-refractivity contribution is 0.0865. The fourth-order valence-electron chi connectivity index (χ4n) is 5.60. The van der Waals surface area contributed by atoms with Crippen molar-refractivity contribution in [1.82, 2.24) is 19.3 Å². The van der Waals surface area contributed by atoms with Gasteiger partial charge in [0.1, 0.15) is 5.82 Å². The molecule has 3 aromatic carbocycles. The molecule has 7 rings (SSSR count). The molecule has 1 atom stereocenters. The van der Waals surface area contributed by atoms with Crippen LogP contribution in [-0.4, -0.2) is 45.3 Å². The zero-order valence-corrected chi connectivity index (χ0v) is 20.6. The monoisotopic (exact) mass is 487 g/mol. The van der Waals surface area contributed by atoms with E-state index in [0.717, 1.165) is 36.2 Å². The summed E-state index contributed by atoms with van der Waals surface area (Å²) in [6.45, 7) is 0.537. The number of hydrogen-bond donors (Lipinski definition) is 1. The molecule has 2 aliphatic heterocycles. The van der Waals surface area contributed by atoms with Gasteiger partial charge in [-0.15, -0.1) is 5.10 Å². The lowest BCUT2D eigenvalue weighted by Gasteiger charge is -2.25. The summed E-state index contributed by atoms with van der Waals surface area (Å²) in [5.41, 5.74) is 6.14. The maximum atomic E-state index is 13.7. The molecule has 1 amide bonds. The highest BCUT2D eigenvalue weighted by atomic mass is 16.2. The summed E-state index contributed by atoms with van der Waals surface area (Å²) in [5.74, 6) is 2.01. The number of benzene rings is 3. The maximum absolute atomic E-state index is 13.7. The second-order valence-corrected chi connectivity index (χ2v) is 9.80. The molecule has 0 saturated heterocycles. The number of fused-ring (bicyclic) bond motifs is 5. The average Bonchev–Trinajstić information content (AvgIpc) is 3.63. The van der Waals surface area contributed by atoms with Crippen molar-refractivity contribution in [2.24, 2.45) is 0 Å². The highest BCUT2D eigenvalue weighted by Gasteiger charge is 2.55. The van der Waals surface area contributed by atoms with E-state index in [-0.39, 0.29) is 11.9 Å². The Labute approximate surface area is 215 Å². The van der Waals surface area contributed by atoms with Gasteiger partial charge in [0.2, 0.25) is 5.82 Å². The van der Waals surface area contributed by atoms with Crippen molar-refractivity contribution in [2.75, 3.05) is 17.3 Å². The Hall–Kier alpha value is -4.61. The van der Waals surface area contributed by atoms with Gasteiger partial charge in [-0.2, -0.15) is 9.80 Å². The minimum absolute atomic E-state index is 0.0883. The van der Waals surface area contributed by atoms with Crippen molar-refractivity contribution in [3.8, 4) is 11.1 Å². The van der Waals surface area contributed by atoms with Crippen molar-refractivity contribution in [3.63, 3.8) is 0 Å². The number of guanidine groups is 1. The third-order valence-electron chi connectivity index (χ3n) is 7.48. The predicted octanol–water partition coefficient (Wildman–Crippen LogP) is 4.66. The molecular weight excluding hydrogens is 460 g/mol. The van der Waals surface area contributed by atoms with Crippen LogP contribution in [0.5, 0.6) is 0 Å². The topological polar surface area (TPSA) is 67.5 Å². The number of rotatable bonds is 5. The normalized spacial score (nSPS) is 17.8. The first kappa shape index (κ1) is 21.7. The Morgan fingerprint density at radius 1 is 0.946 bits per heavy atom. The average molecular weight is 488 g/mol. The number of anilines is 3. The quantitative estimate of drug-likeness (QED) is 0.416. The minimum Gasteiger partial charge on any atom is -0.340 e. The van der Waals surface area contributed by atoms with Crippen LogP contribution >= 0.6 is 0 Å². The Kier molecular flexibility index (Phi) is 4.98. The van der Waals surface area contributed by atoms with Gasteiger partial charge in [0.05, 0.1) is 13.6 Å². The number of amides is 1. The number of nitrogens with one attached hydrogen (secondary N) is 1. The van der Waals surface area contributed by atoms with Crippen LogP contribution in [0.3, 0.4) is 0 Å². The molecule has 1 saturated carbocycles. The molecule has 0 unspecified atom stereocenters. The third-order valence-corrected chi connectivity index (χ3v) is 7.48. The van der Waals surface area contributed by atoms with Gasteiger partial charge in [0, 0.05) is 12.1 Å². The van der Waals surface area contributed by atoms with E-state index in [4.69, 9.17) is 9.77 Å². The summed E-state index contributed by atoms with van der Waals surface area (Å²) < 4.78 is 6.77. The molecule has 3 aliphatic rings. The molecule has 0 radical (unpaired) electrons. The predicted molar refractivity (Wildman–Crippen MR) is 147 cm³/mol. The van der Waals surface area contributed by atoms with Crippen LogP contribution in [0.25, 0.3) is 11.1 Å². The van der Waals surface area contributed by atoms with Crippen LogP contribution in [0.1, 0.15) is 35.2 Å². The summed E-state index contributed by atoms with van der Waals surface area (Å²) >= 11 is 0. The summed E-state index contributed by atoms with van der Waals surface area (Å²) in [4.78, 5) is 17.5. The van der Waals surface area contributed by atoms with Crippen LogP contribution in [0, 0.1) is 0 Å². The number of aromatic nitrogens is 2. The SMILES string of the molecule is CN1C(=O)c2c(nn(Cc3ccc(-c4ccccc4)cc3)c2Nc2ccccc2)N2C1=[N+]=C1CCC[C@@H]12. The van der Waals surface area contributed by atoms with Gasteiger partial charge >= 0.3 is 11.9 Å². The van der Waals surface area contributed by atoms with Gasteiger partial charge in [0.15, 0.2) is 17.3 Å². The van der Waals surface area contributed by atoms with Crippen LogP contribution in [0.15, 0.2) is 84.9 Å². The van der Waals surface area contributed by atoms with E-state index in [1.54, 1.807) is 4.90 Å².